The van der Waals surface area contributed by atoms with Crippen molar-refractivity contribution in [2.24, 2.45) is 11.8 Å². The molecule has 2 atom stereocenters. The average molecular weight is 995 g/mol. The summed E-state index contributed by atoms with van der Waals surface area (Å²) in [5, 5.41) is 0. The van der Waals surface area contributed by atoms with Crippen LogP contribution < -0.4 is 0 Å². The summed E-state index contributed by atoms with van der Waals surface area (Å²) in [7, 11) is 0. The minimum absolute atomic E-state index is 0.0606. The van der Waals surface area contributed by atoms with Gasteiger partial charge in [-0.25, -0.2) is 0 Å². The van der Waals surface area contributed by atoms with Crippen LogP contribution in [0.4, 0.5) is 70.2 Å². The number of halogens is 16. The number of ether oxygens (including phenoxy) is 2. The summed E-state index contributed by atoms with van der Waals surface area (Å²) in [5.74, 6) is -69.2. The van der Waals surface area contributed by atoms with Gasteiger partial charge in [0.15, 0.2) is 13.2 Å². The number of carbonyl (C=O) groups excluding carboxylic acids is 2. The van der Waals surface area contributed by atoms with Crippen molar-refractivity contribution < 1.29 is 89.3 Å². The van der Waals surface area contributed by atoms with E-state index in [0.717, 1.165) is 77.0 Å². The lowest BCUT2D eigenvalue weighted by Crippen LogP contribution is -2.75. The molecule has 0 saturated heterocycles. The number of hydrogen-bond donors (Lipinski definition) is 0. The Balaban J connectivity index is 6.23. The Kier molecular flexibility index (Phi) is 28.8. The molecule has 0 aliphatic carbocycles. The highest BCUT2D eigenvalue weighted by atomic mass is 19.4. The van der Waals surface area contributed by atoms with Crippen molar-refractivity contribution in [3.8, 4) is 0 Å². The van der Waals surface area contributed by atoms with E-state index < -0.39 is 84.4 Å². The number of rotatable bonds is 41. The third-order valence-corrected chi connectivity index (χ3v) is 12.0. The van der Waals surface area contributed by atoms with E-state index in [2.05, 4.69) is 9.47 Å². The molecule has 2 unspecified atom stereocenters. The molecule has 20 heteroatoms. The molecule has 0 bridgehead atoms. The molecule has 0 aliphatic heterocycles. The molecular formula is C46H74F16O4. The Hall–Kier alpha value is -2.18. The molecule has 0 aliphatic rings. The first kappa shape index (κ1) is 63.8. The summed E-state index contributed by atoms with van der Waals surface area (Å²) >= 11 is 0. The van der Waals surface area contributed by atoms with E-state index >= 15 is 0 Å². The van der Waals surface area contributed by atoms with Gasteiger partial charge >= 0.3 is 59.3 Å². The van der Waals surface area contributed by atoms with Gasteiger partial charge in [-0.1, -0.05) is 182 Å². The van der Waals surface area contributed by atoms with Crippen LogP contribution in [0.1, 0.15) is 207 Å². The summed E-state index contributed by atoms with van der Waals surface area (Å²) < 4.78 is 244. The zero-order valence-electron chi connectivity index (χ0n) is 39.0. The monoisotopic (exact) mass is 995 g/mol. The van der Waals surface area contributed by atoms with Gasteiger partial charge in [-0.2, -0.15) is 70.2 Å². The van der Waals surface area contributed by atoms with Gasteiger partial charge in [0, 0.05) is 0 Å². The third kappa shape index (κ3) is 18.0. The second-order valence-electron chi connectivity index (χ2n) is 17.7. The van der Waals surface area contributed by atoms with Gasteiger partial charge in [0.25, 0.3) is 0 Å². The molecule has 0 aromatic rings. The van der Waals surface area contributed by atoms with Gasteiger partial charge in [0.05, 0.1) is 11.8 Å². The van der Waals surface area contributed by atoms with Crippen LogP contribution in [-0.2, 0) is 19.1 Å². The second-order valence-corrected chi connectivity index (χ2v) is 17.7. The van der Waals surface area contributed by atoms with Gasteiger partial charge in [0.1, 0.15) is 0 Å². The first-order valence-corrected chi connectivity index (χ1v) is 23.9. The highest BCUT2D eigenvalue weighted by Crippen LogP contribution is 2.64. The fraction of sp³-hybridized carbons (Fsp3) is 0.957. The van der Waals surface area contributed by atoms with Crippen LogP contribution >= 0.6 is 0 Å². The molecule has 0 aromatic carbocycles. The van der Waals surface area contributed by atoms with E-state index in [0.29, 0.717) is 77.0 Å². The quantitative estimate of drug-likeness (QED) is 0.0348. The number of esters is 2. The van der Waals surface area contributed by atoms with Crippen LogP contribution in [0.3, 0.4) is 0 Å². The number of alkyl halides is 16. The third-order valence-electron chi connectivity index (χ3n) is 12.0. The van der Waals surface area contributed by atoms with Gasteiger partial charge in [-0.15, -0.1) is 0 Å². The lowest BCUT2D eigenvalue weighted by Gasteiger charge is -2.43. The fourth-order valence-electron chi connectivity index (χ4n) is 7.43. The van der Waals surface area contributed by atoms with E-state index in [1.165, 1.54) is 0 Å². The number of hydrogen-bond acceptors (Lipinski definition) is 4. The molecule has 0 rings (SSSR count). The van der Waals surface area contributed by atoms with Crippen molar-refractivity contribution in [1.82, 2.24) is 0 Å². The van der Waals surface area contributed by atoms with E-state index in [1.807, 2.05) is 27.7 Å². The minimum atomic E-state index is -8.63. The van der Waals surface area contributed by atoms with Crippen LogP contribution in [-0.4, -0.2) is 72.5 Å². The second kappa shape index (κ2) is 29.8. The molecule has 0 aromatic heterocycles. The molecule has 66 heavy (non-hydrogen) atoms. The summed E-state index contributed by atoms with van der Waals surface area (Å²) in [6, 6.07) is 0. The highest BCUT2D eigenvalue weighted by Gasteiger charge is 2.95. The van der Waals surface area contributed by atoms with E-state index in [4.69, 9.17) is 0 Å². The molecule has 0 saturated carbocycles. The Morgan fingerprint density at radius 3 is 0.697 bits per heavy atom. The molecule has 0 spiro atoms. The molecule has 0 radical (unpaired) electrons. The topological polar surface area (TPSA) is 52.6 Å². The SMILES string of the molecule is CCCCCCCCCC(CCCCCCC)C(=O)OCC(F)(F)C(F)(F)C(F)(F)C(F)(F)C(F)(F)C(F)(F)C(F)(F)C(F)(F)COC(=O)C(CCCCCCC)CCCCCCCCC. The normalized spacial score (nSPS) is 14.7. The number of unbranched alkanes of at least 4 members (excludes halogenated alkanes) is 20. The Labute approximate surface area is 380 Å². The zero-order valence-corrected chi connectivity index (χ0v) is 39.0. The molecule has 0 fully saturated rings. The highest BCUT2D eigenvalue weighted by molar-refractivity contribution is 5.72. The molecule has 0 N–H and O–H groups in total. The molecule has 394 valence electrons. The average Bonchev–Trinajstić information content (AvgIpc) is 3.24. The van der Waals surface area contributed by atoms with Gasteiger partial charge in [-0.05, 0) is 25.7 Å². The van der Waals surface area contributed by atoms with Gasteiger partial charge < -0.3 is 9.47 Å². The minimum Gasteiger partial charge on any atom is -0.459 e. The van der Waals surface area contributed by atoms with Gasteiger partial charge in [0.2, 0.25) is 0 Å². The van der Waals surface area contributed by atoms with Gasteiger partial charge in [-0.3, -0.25) is 9.59 Å². The maximum absolute atomic E-state index is 14.7. The van der Waals surface area contributed by atoms with Crippen LogP contribution in [0.5, 0.6) is 0 Å². The first-order chi connectivity index (χ1) is 30.6. The molecule has 0 amide bonds. The van der Waals surface area contributed by atoms with E-state index in [-0.39, 0.29) is 25.7 Å². The predicted molar refractivity (Wildman–Crippen MR) is 220 cm³/mol. The maximum Gasteiger partial charge on any atom is 0.385 e. The Morgan fingerprint density at radius 2 is 0.485 bits per heavy atom. The van der Waals surface area contributed by atoms with Crippen molar-refractivity contribution in [2.75, 3.05) is 13.2 Å². The largest absolute Gasteiger partial charge is 0.459 e. The van der Waals surface area contributed by atoms with Crippen LogP contribution in [0.2, 0.25) is 0 Å². The summed E-state index contributed by atoms with van der Waals surface area (Å²) in [6.07, 6.45) is 16.3. The van der Waals surface area contributed by atoms with Crippen LogP contribution in [0, 0.1) is 11.8 Å². The van der Waals surface area contributed by atoms with Crippen molar-refractivity contribution in [3.63, 3.8) is 0 Å². The molecule has 0 heterocycles. The summed E-state index contributed by atoms with van der Waals surface area (Å²) in [5.41, 5.74) is 0. The predicted octanol–water partition coefficient (Wildman–Crippen LogP) is 17.4. The van der Waals surface area contributed by atoms with Crippen LogP contribution in [0.15, 0.2) is 0 Å². The van der Waals surface area contributed by atoms with Crippen molar-refractivity contribution >= 4 is 11.9 Å². The van der Waals surface area contributed by atoms with Crippen molar-refractivity contribution in [2.45, 2.75) is 255 Å². The van der Waals surface area contributed by atoms with Crippen molar-refractivity contribution in [1.29, 1.82) is 0 Å². The maximum atomic E-state index is 14.7. The smallest absolute Gasteiger partial charge is 0.385 e. The Bertz CT molecular complexity index is 1230. The lowest BCUT2D eigenvalue weighted by molar-refractivity contribution is -0.454. The fourth-order valence-corrected chi connectivity index (χ4v) is 7.43. The molecular weight excluding hydrogens is 920 g/mol. The van der Waals surface area contributed by atoms with Crippen LogP contribution in [0.25, 0.3) is 0 Å². The van der Waals surface area contributed by atoms with Crippen molar-refractivity contribution in [3.05, 3.63) is 0 Å². The standard InChI is InChI=1S/C46H74F16O4/c1-5-9-13-17-19-23-27-31-35(29-25-21-15-11-7-3)37(63)65-33-39(47,48)41(51,52)43(55,56)45(59,60)46(61,62)44(57,58)42(53,54)40(49,50)34-66-38(64)36(30-26-22-16-12-8-4)32-28-24-20-18-14-10-6-2/h35-36H,5-34H2,1-4H3. The zero-order chi connectivity index (χ0) is 50.9. The van der Waals surface area contributed by atoms with E-state index in [9.17, 15) is 79.8 Å². The van der Waals surface area contributed by atoms with E-state index in [1.54, 1.807) is 0 Å². The lowest BCUT2D eigenvalue weighted by atomic mass is 9.87. The number of carbonyl (C=O) groups is 2. The summed E-state index contributed by atoms with van der Waals surface area (Å²) in [4.78, 5) is 25.5. The molecule has 4 nitrogen and oxygen atoms in total. The first-order valence-electron chi connectivity index (χ1n) is 23.9. The Morgan fingerprint density at radius 1 is 0.303 bits per heavy atom. The summed E-state index contributed by atoms with van der Waals surface area (Å²) in [6.45, 7) is 1.40.